The molecule has 0 unspecified atom stereocenters. The number of aromatic nitrogens is 3. The molecule has 4 rings (SSSR count). The van der Waals surface area contributed by atoms with Crippen molar-refractivity contribution in [2.24, 2.45) is 0 Å². The van der Waals surface area contributed by atoms with Gasteiger partial charge < -0.3 is 9.64 Å². The van der Waals surface area contributed by atoms with E-state index in [4.69, 9.17) is 4.74 Å². The van der Waals surface area contributed by atoms with Gasteiger partial charge in [0.25, 0.3) is 11.6 Å². The van der Waals surface area contributed by atoms with Crippen molar-refractivity contribution in [2.45, 2.75) is 13.3 Å². The number of nitro groups is 1. The fourth-order valence-corrected chi connectivity index (χ4v) is 3.91. The van der Waals surface area contributed by atoms with Crippen molar-refractivity contribution in [1.29, 1.82) is 0 Å². The number of hydrogen-bond donors (Lipinski definition) is 0. The summed E-state index contributed by atoms with van der Waals surface area (Å²) in [5.41, 5.74) is 2.54. The number of ether oxygens (including phenoxy) is 1. The molecular formula is C23H26N6O4. The number of carbonyl (C=O) groups excluding carboxylic acids is 1. The van der Waals surface area contributed by atoms with Crippen molar-refractivity contribution in [3.05, 3.63) is 75.6 Å². The number of nitro benzene ring substituents is 1. The minimum Gasteiger partial charge on any atom is -0.497 e. The van der Waals surface area contributed by atoms with Crippen LogP contribution in [0.5, 0.6) is 5.75 Å². The molecule has 2 heterocycles. The molecule has 1 aromatic heterocycles. The zero-order valence-electron chi connectivity index (χ0n) is 18.7. The summed E-state index contributed by atoms with van der Waals surface area (Å²) in [5, 5.41) is 19.2. The first-order valence-electron chi connectivity index (χ1n) is 10.8. The van der Waals surface area contributed by atoms with Crippen molar-refractivity contribution >= 4 is 11.6 Å². The molecule has 1 aliphatic heterocycles. The lowest BCUT2D eigenvalue weighted by Gasteiger charge is -2.34. The molecule has 172 valence electrons. The SMILES string of the molecule is COc1ccc(CCN2CCN(C(=O)c3nnn(-c4cccc([N+](=O)[O-])c4)c3C)CC2)cc1. The van der Waals surface area contributed by atoms with Crippen LogP contribution in [-0.4, -0.2) is 75.5 Å². The van der Waals surface area contributed by atoms with Crippen molar-refractivity contribution in [1.82, 2.24) is 24.8 Å². The largest absolute Gasteiger partial charge is 0.497 e. The maximum atomic E-state index is 13.1. The molecule has 0 saturated carbocycles. The second kappa shape index (κ2) is 9.78. The molecule has 3 aromatic rings. The van der Waals surface area contributed by atoms with Crippen molar-refractivity contribution in [2.75, 3.05) is 39.8 Å². The van der Waals surface area contributed by atoms with Gasteiger partial charge in [-0.1, -0.05) is 23.4 Å². The Kier molecular flexibility index (Phi) is 6.64. The van der Waals surface area contributed by atoms with E-state index in [1.165, 1.54) is 22.4 Å². The van der Waals surface area contributed by atoms with Crippen molar-refractivity contribution in [3.8, 4) is 11.4 Å². The number of rotatable bonds is 7. The van der Waals surface area contributed by atoms with Crippen molar-refractivity contribution < 1.29 is 14.5 Å². The molecule has 0 spiro atoms. The summed E-state index contributed by atoms with van der Waals surface area (Å²) in [6.45, 7) is 5.49. The van der Waals surface area contributed by atoms with Crippen LogP contribution in [0.25, 0.3) is 5.69 Å². The van der Waals surface area contributed by atoms with E-state index in [0.29, 0.717) is 24.5 Å². The molecule has 0 atom stereocenters. The second-order valence-electron chi connectivity index (χ2n) is 7.94. The maximum Gasteiger partial charge on any atom is 0.276 e. The van der Waals surface area contributed by atoms with Crippen LogP contribution in [-0.2, 0) is 6.42 Å². The van der Waals surface area contributed by atoms with Gasteiger partial charge in [0.1, 0.15) is 5.75 Å². The molecule has 1 aliphatic rings. The fraction of sp³-hybridized carbons (Fsp3) is 0.348. The lowest BCUT2D eigenvalue weighted by atomic mass is 10.1. The number of non-ortho nitro benzene ring substituents is 1. The molecule has 1 saturated heterocycles. The van der Waals surface area contributed by atoms with E-state index in [1.54, 1.807) is 31.1 Å². The van der Waals surface area contributed by atoms with Gasteiger partial charge in [-0.05, 0) is 37.1 Å². The molecule has 0 radical (unpaired) electrons. The van der Waals surface area contributed by atoms with Gasteiger partial charge in [0, 0.05) is 44.9 Å². The molecule has 33 heavy (non-hydrogen) atoms. The van der Waals surface area contributed by atoms with Gasteiger partial charge >= 0.3 is 0 Å². The number of hydrogen-bond acceptors (Lipinski definition) is 7. The highest BCUT2D eigenvalue weighted by Crippen LogP contribution is 2.19. The fourth-order valence-electron chi connectivity index (χ4n) is 3.91. The number of amides is 1. The van der Waals surface area contributed by atoms with Crippen LogP contribution < -0.4 is 4.74 Å². The van der Waals surface area contributed by atoms with Gasteiger partial charge in [0.2, 0.25) is 0 Å². The Labute approximate surface area is 191 Å². The van der Waals surface area contributed by atoms with Crippen LogP contribution >= 0.6 is 0 Å². The summed E-state index contributed by atoms with van der Waals surface area (Å²) in [4.78, 5) is 27.8. The molecule has 0 bridgehead atoms. The van der Waals surface area contributed by atoms with Gasteiger partial charge in [0.15, 0.2) is 5.69 Å². The third-order valence-electron chi connectivity index (χ3n) is 5.92. The molecule has 0 aliphatic carbocycles. The number of benzene rings is 2. The minimum atomic E-state index is -0.462. The van der Waals surface area contributed by atoms with Gasteiger partial charge in [-0.3, -0.25) is 19.8 Å². The lowest BCUT2D eigenvalue weighted by Crippen LogP contribution is -2.49. The van der Waals surface area contributed by atoms with Gasteiger partial charge in [0.05, 0.1) is 23.4 Å². The van der Waals surface area contributed by atoms with Crippen LogP contribution in [0.4, 0.5) is 5.69 Å². The summed E-state index contributed by atoms with van der Waals surface area (Å²) in [5.74, 6) is 0.683. The predicted molar refractivity (Wildman–Crippen MR) is 122 cm³/mol. The molecular weight excluding hydrogens is 424 g/mol. The van der Waals surface area contributed by atoms with E-state index in [9.17, 15) is 14.9 Å². The first-order valence-corrected chi connectivity index (χ1v) is 10.8. The van der Waals surface area contributed by atoms with Gasteiger partial charge in [-0.2, -0.15) is 0 Å². The maximum absolute atomic E-state index is 13.1. The summed E-state index contributed by atoms with van der Waals surface area (Å²) in [6.07, 6.45) is 0.939. The van der Waals surface area contributed by atoms with E-state index in [2.05, 4.69) is 27.3 Å². The van der Waals surface area contributed by atoms with Gasteiger partial charge in [-0.15, -0.1) is 5.10 Å². The molecule has 1 fully saturated rings. The van der Waals surface area contributed by atoms with Crippen LogP contribution in [0.3, 0.4) is 0 Å². The van der Waals surface area contributed by atoms with Crippen LogP contribution in [0.1, 0.15) is 21.7 Å². The highest BCUT2D eigenvalue weighted by atomic mass is 16.6. The molecule has 2 aromatic carbocycles. The van der Waals surface area contributed by atoms with E-state index in [1.807, 2.05) is 12.1 Å². The number of nitrogens with zero attached hydrogens (tertiary/aromatic N) is 6. The van der Waals surface area contributed by atoms with Gasteiger partial charge in [-0.25, -0.2) is 4.68 Å². The third-order valence-corrected chi connectivity index (χ3v) is 5.92. The Morgan fingerprint density at radius 3 is 2.52 bits per heavy atom. The highest BCUT2D eigenvalue weighted by molar-refractivity contribution is 5.93. The summed E-state index contributed by atoms with van der Waals surface area (Å²) < 4.78 is 6.66. The topological polar surface area (TPSA) is 107 Å². The highest BCUT2D eigenvalue weighted by Gasteiger charge is 2.26. The Morgan fingerprint density at radius 2 is 1.85 bits per heavy atom. The Balaban J connectivity index is 1.35. The standard InChI is InChI=1S/C23H26N6O4/c1-17-22(24-25-28(17)19-4-3-5-20(16-19)29(31)32)23(30)27-14-12-26(13-15-27)11-10-18-6-8-21(33-2)9-7-18/h3-9,16H,10-15H2,1-2H3. The predicted octanol–water partition coefficient (Wildman–Crippen LogP) is 2.49. The molecule has 10 heteroatoms. The quantitative estimate of drug-likeness (QED) is 0.402. The van der Waals surface area contributed by atoms with Crippen LogP contribution in [0.15, 0.2) is 48.5 Å². The monoisotopic (exact) mass is 450 g/mol. The second-order valence-corrected chi connectivity index (χ2v) is 7.94. The summed E-state index contributed by atoms with van der Waals surface area (Å²) in [7, 11) is 1.66. The van der Waals surface area contributed by atoms with E-state index >= 15 is 0 Å². The van der Waals surface area contributed by atoms with E-state index in [0.717, 1.165) is 31.8 Å². The van der Waals surface area contributed by atoms with Crippen LogP contribution in [0, 0.1) is 17.0 Å². The van der Waals surface area contributed by atoms with E-state index in [-0.39, 0.29) is 17.3 Å². The average Bonchev–Trinajstić information content (AvgIpc) is 3.24. The minimum absolute atomic E-state index is 0.0407. The summed E-state index contributed by atoms with van der Waals surface area (Å²) >= 11 is 0. The number of carbonyl (C=O) groups is 1. The normalized spacial score (nSPS) is 14.3. The van der Waals surface area contributed by atoms with Crippen LogP contribution in [0.2, 0.25) is 0 Å². The Morgan fingerprint density at radius 1 is 1.12 bits per heavy atom. The third kappa shape index (κ3) is 5.01. The zero-order valence-corrected chi connectivity index (χ0v) is 18.7. The van der Waals surface area contributed by atoms with Crippen molar-refractivity contribution in [3.63, 3.8) is 0 Å². The molecule has 0 N–H and O–H groups in total. The molecule has 1 amide bonds. The first-order chi connectivity index (χ1) is 16.0. The Hall–Kier alpha value is -3.79. The lowest BCUT2D eigenvalue weighted by molar-refractivity contribution is -0.384. The number of piperazine rings is 1. The zero-order chi connectivity index (χ0) is 23.4. The first kappa shape index (κ1) is 22.4. The average molecular weight is 450 g/mol. The smallest absolute Gasteiger partial charge is 0.276 e. The summed E-state index contributed by atoms with van der Waals surface area (Å²) in [6, 6.07) is 14.2. The number of methoxy groups -OCH3 is 1. The Bertz CT molecular complexity index is 1140. The molecule has 10 nitrogen and oxygen atoms in total. The van der Waals surface area contributed by atoms with E-state index < -0.39 is 4.92 Å².